The van der Waals surface area contributed by atoms with E-state index >= 15 is 0 Å². The minimum absolute atomic E-state index is 0.0132. The zero-order valence-corrected chi connectivity index (χ0v) is 19.9. The van der Waals surface area contributed by atoms with Crippen molar-refractivity contribution in [3.63, 3.8) is 0 Å². The SMILES string of the molecule is CC(=O)N1c2ccc(S(=O)(=O)N3CCC(C(=O)Nc4ccc(F)c(Cl)c4)CC3)cc2C[C@@H]1C. The number of amides is 2. The molecule has 1 N–H and O–H groups in total. The van der Waals surface area contributed by atoms with Crippen molar-refractivity contribution >= 4 is 44.8 Å². The topological polar surface area (TPSA) is 86.8 Å². The number of sulfonamides is 1. The third-order valence-electron chi connectivity index (χ3n) is 6.26. The molecule has 2 heterocycles. The van der Waals surface area contributed by atoms with Crippen LogP contribution in [-0.2, 0) is 26.0 Å². The largest absolute Gasteiger partial charge is 0.326 e. The Kier molecular flexibility index (Phi) is 6.48. The first-order valence-electron chi connectivity index (χ1n) is 10.8. The van der Waals surface area contributed by atoms with E-state index in [0.29, 0.717) is 24.9 Å². The summed E-state index contributed by atoms with van der Waals surface area (Å²) in [6.07, 6.45) is 1.36. The van der Waals surface area contributed by atoms with Gasteiger partial charge in [0.15, 0.2) is 0 Å². The van der Waals surface area contributed by atoms with Gasteiger partial charge in [0.2, 0.25) is 21.8 Å². The quantitative estimate of drug-likeness (QED) is 0.701. The van der Waals surface area contributed by atoms with Crippen molar-refractivity contribution in [3.05, 3.63) is 52.8 Å². The molecule has 4 rings (SSSR count). The molecule has 7 nitrogen and oxygen atoms in total. The number of anilines is 2. The lowest BCUT2D eigenvalue weighted by Crippen LogP contribution is -2.41. The van der Waals surface area contributed by atoms with Gasteiger partial charge in [0.05, 0.1) is 9.92 Å². The Bertz CT molecular complexity index is 1210. The Morgan fingerprint density at radius 1 is 1.12 bits per heavy atom. The summed E-state index contributed by atoms with van der Waals surface area (Å²) in [4.78, 5) is 26.4. The van der Waals surface area contributed by atoms with Crippen LogP contribution in [0.2, 0.25) is 5.02 Å². The number of nitrogens with zero attached hydrogens (tertiary/aromatic N) is 2. The zero-order chi connectivity index (χ0) is 23.9. The zero-order valence-electron chi connectivity index (χ0n) is 18.3. The Labute approximate surface area is 197 Å². The summed E-state index contributed by atoms with van der Waals surface area (Å²) in [5.74, 6) is -1.24. The molecule has 1 atom stereocenters. The van der Waals surface area contributed by atoms with E-state index in [0.717, 1.165) is 11.3 Å². The highest BCUT2D eigenvalue weighted by Crippen LogP contribution is 2.35. The van der Waals surface area contributed by atoms with Gasteiger partial charge in [-0.25, -0.2) is 12.8 Å². The van der Waals surface area contributed by atoms with Crippen LogP contribution < -0.4 is 10.2 Å². The maximum atomic E-state index is 13.3. The van der Waals surface area contributed by atoms with Gasteiger partial charge in [0.25, 0.3) is 0 Å². The van der Waals surface area contributed by atoms with E-state index in [2.05, 4.69) is 5.32 Å². The van der Waals surface area contributed by atoms with Gasteiger partial charge in [-0.3, -0.25) is 9.59 Å². The average molecular weight is 494 g/mol. The number of hydrogen-bond acceptors (Lipinski definition) is 4. The molecule has 1 fully saturated rings. The monoisotopic (exact) mass is 493 g/mol. The van der Waals surface area contributed by atoms with E-state index < -0.39 is 15.8 Å². The number of carbonyl (C=O) groups is 2. The standard InChI is InChI=1S/C23H25ClFN3O4S/c1-14-11-17-12-19(4-6-22(17)28(14)15(2)29)33(31,32)27-9-7-16(8-10-27)23(30)26-18-3-5-21(25)20(24)13-18/h3-6,12-14,16H,7-11H2,1-2H3,(H,26,30)/t14-/m0/s1. The van der Waals surface area contributed by atoms with Crippen molar-refractivity contribution in [1.29, 1.82) is 0 Å². The highest BCUT2D eigenvalue weighted by atomic mass is 35.5. The van der Waals surface area contributed by atoms with Gasteiger partial charge in [0, 0.05) is 43.3 Å². The predicted octanol–water partition coefficient (Wildman–Crippen LogP) is 3.82. The van der Waals surface area contributed by atoms with E-state index in [1.54, 1.807) is 23.1 Å². The van der Waals surface area contributed by atoms with Crippen LogP contribution in [0.25, 0.3) is 0 Å². The van der Waals surface area contributed by atoms with Crippen molar-refractivity contribution in [3.8, 4) is 0 Å². The van der Waals surface area contributed by atoms with Crippen LogP contribution in [0.15, 0.2) is 41.3 Å². The number of nitrogens with one attached hydrogen (secondary N) is 1. The van der Waals surface area contributed by atoms with Crippen molar-refractivity contribution in [2.75, 3.05) is 23.3 Å². The van der Waals surface area contributed by atoms with Crippen LogP contribution in [0, 0.1) is 11.7 Å². The molecule has 2 amide bonds. The molecular formula is C23H25ClFN3O4S. The summed E-state index contributed by atoms with van der Waals surface area (Å²) in [5.41, 5.74) is 1.99. The molecule has 0 aliphatic carbocycles. The first kappa shape index (κ1) is 23.7. The van der Waals surface area contributed by atoms with Crippen molar-refractivity contribution < 1.29 is 22.4 Å². The molecule has 2 aliphatic rings. The average Bonchev–Trinajstić information content (AvgIpc) is 3.11. The second-order valence-electron chi connectivity index (χ2n) is 8.53. The van der Waals surface area contributed by atoms with Crippen molar-refractivity contribution in [2.45, 2.75) is 44.0 Å². The molecule has 0 aromatic heterocycles. The fraction of sp³-hybridized carbons (Fsp3) is 0.391. The maximum absolute atomic E-state index is 13.3. The lowest BCUT2D eigenvalue weighted by Gasteiger charge is -2.30. The van der Waals surface area contributed by atoms with E-state index in [1.807, 2.05) is 6.92 Å². The van der Waals surface area contributed by atoms with Crippen molar-refractivity contribution in [2.24, 2.45) is 5.92 Å². The first-order valence-corrected chi connectivity index (χ1v) is 12.6. The van der Waals surface area contributed by atoms with E-state index in [9.17, 15) is 22.4 Å². The number of hydrogen-bond donors (Lipinski definition) is 1. The smallest absolute Gasteiger partial charge is 0.243 e. The molecule has 0 bridgehead atoms. The van der Waals surface area contributed by atoms with Crippen LogP contribution in [0.5, 0.6) is 0 Å². The molecular weight excluding hydrogens is 469 g/mol. The van der Waals surface area contributed by atoms with Crippen molar-refractivity contribution in [1.82, 2.24) is 4.31 Å². The summed E-state index contributed by atoms with van der Waals surface area (Å²) in [5, 5.41) is 2.64. The van der Waals surface area contributed by atoms with Crippen LogP contribution in [0.3, 0.4) is 0 Å². The molecule has 10 heteroatoms. The number of piperidine rings is 1. The Morgan fingerprint density at radius 3 is 2.45 bits per heavy atom. The van der Waals surface area contributed by atoms with Gasteiger partial charge >= 0.3 is 0 Å². The van der Waals surface area contributed by atoms with Gasteiger partial charge in [0.1, 0.15) is 5.82 Å². The lowest BCUT2D eigenvalue weighted by atomic mass is 9.97. The summed E-state index contributed by atoms with van der Waals surface area (Å²) >= 11 is 5.76. The maximum Gasteiger partial charge on any atom is 0.243 e. The molecule has 33 heavy (non-hydrogen) atoms. The van der Waals surface area contributed by atoms with Crippen LogP contribution in [0.4, 0.5) is 15.8 Å². The molecule has 1 saturated heterocycles. The number of carbonyl (C=O) groups excluding carboxylic acids is 2. The Hall–Kier alpha value is -2.49. The molecule has 2 aromatic carbocycles. The first-order chi connectivity index (χ1) is 15.6. The van der Waals surface area contributed by atoms with Gasteiger partial charge in [-0.1, -0.05) is 11.6 Å². The summed E-state index contributed by atoms with van der Waals surface area (Å²) < 4.78 is 41.1. The number of fused-ring (bicyclic) bond motifs is 1. The van der Waals surface area contributed by atoms with E-state index in [1.165, 1.54) is 29.4 Å². The second-order valence-corrected chi connectivity index (χ2v) is 10.9. The molecule has 2 aliphatic heterocycles. The number of halogens is 2. The van der Waals surface area contributed by atoms with Crippen LogP contribution >= 0.6 is 11.6 Å². The van der Waals surface area contributed by atoms with Gasteiger partial charge in [-0.15, -0.1) is 0 Å². The molecule has 0 unspecified atom stereocenters. The Morgan fingerprint density at radius 2 is 1.82 bits per heavy atom. The molecule has 0 spiro atoms. The normalized spacial score (nSPS) is 19.4. The number of benzene rings is 2. The van der Waals surface area contributed by atoms with Gasteiger partial charge < -0.3 is 10.2 Å². The van der Waals surface area contributed by atoms with Gasteiger partial charge in [-0.05, 0) is 68.1 Å². The number of rotatable bonds is 4. The molecule has 2 aromatic rings. The fourth-order valence-corrected chi connectivity index (χ4v) is 6.27. The van der Waals surface area contributed by atoms with Crippen LogP contribution in [-0.4, -0.2) is 43.7 Å². The second kappa shape index (κ2) is 9.04. The minimum Gasteiger partial charge on any atom is -0.326 e. The fourth-order valence-electron chi connectivity index (χ4n) is 4.57. The Balaban J connectivity index is 1.42. The van der Waals surface area contributed by atoms with Gasteiger partial charge in [-0.2, -0.15) is 4.31 Å². The third-order valence-corrected chi connectivity index (χ3v) is 8.44. The minimum atomic E-state index is -3.72. The molecule has 0 saturated carbocycles. The summed E-state index contributed by atoms with van der Waals surface area (Å²) in [6, 6.07) is 8.83. The highest BCUT2D eigenvalue weighted by Gasteiger charge is 2.34. The predicted molar refractivity (Wildman–Crippen MR) is 124 cm³/mol. The summed E-state index contributed by atoms with van der Waals surface area (Å²) in [6.45, 7) is 3.88. The third kappa shape index (κ3) is 4.62. The highest BCUT2D eigenvalue weighted by molar-refractivity contribution is 7.89. The summed E-state index contributed by atoms with van der Waals surface area (Å²) in [7, 11) is -3.72. The molecule has 0 radical (unpaired) electrons. The molecule has 176 valence electrons. The lowest BCUT2D eigenvalue weighted by molar-refractivity contribution is -0.121. The van der Waals surface area contributed by atoms with E-state index in [-0.39, 0.29) is 46.8 Å². The van der Waals surface area contributed by atoms with E-state index in [4.69, 9.17) is 11.6 Å². The van der Waals surface area contributed by atoms with Crippen LogP contribution in [0.1, 0.15) is 32.3 Å².